The number of fused-ring (bicyclic) bond motifs is 1. The molecular weight excluding hydrogens is 326 g/mol. The zero-order chi connectivity index (χ0) is 18.4. The van der Waals surface area contributed by atoms with Crippen molar-refractivity contribution >= 4 is 16.7 Å². The lowest BCUT2D eigenvalue weighted by Crippen LogP contribution is -2.23. The second-order valence-electron chi connectivity index (χ2n) is 6.14. The summed E-state index contributed by atoms with van der Waals surface area (Å²) >= 11 is 0. The normalized spacial score (nSPS) is 10.5. The van der Waals surface area contributed by atoms with Crippen molar-refractivity contribution in [2.75, 3.05) is 14.2 Å². The maximum absolute atomic E-state index is 12.3. The molecule has 1 amide bonds. The molecule has 0 aliphatic heterocycles. The molecule has 0 radical (unpaired) electrons. The van der Waals surface area contributed by atoms with Gasteiger partial charge in [-0.1, -0.05) is 42.5 Å². The Balaban J connectivity index is 1.59. The standard InChI is InChI=1S/C22H23NO3/c1-25-19-12-16(13-20(14-19)26-2)10-11-22(24)23-15-18-8-5-7-17-6-3-4-9-21(17)18/h3-9,12-14H,10-11,15H2,1-2H3,(H,23,24). The zero-order valence-corrected chi connectivity index (χ0v) is 15.1. The van der Waals surface area contributed by atoms with Crippen LogP contribution in [0.3, 0.4) is 0 Å². The Bertz CT molecular complexity index is 877. The fourth-order valence-corrected chi connectivity index (χ4v) is 3.00. The molecular formula is C22H23NO3. The van der Waals surface area contributed by atoms with E-state index in [4.69, 9.17) is 9.47 Å². The Morgan fingerprint density at radius 3 is 2.35 bits per heavy atom. The summed E-state index contributed by atoms with van der Waals surface area (Å²) in [5.74, 6) is 1.49. The van der Waals surface area contributed by atoms with Crippen molar-refractivity contribution in [3.05, 3.63) is 71.8 Å². The highest BCUT2D eigenvalue weighted by Crippen LogP contribution is 2.23. The van der Waals surface area contributed by atoms with Crippen LogP contribution in [0.15, 0.2) is 60.7 Å². The number of benzene rings is 3. The molecule has 0 fully saturated rings. The maximum atomic E-state index is 12.3. The minimum Gasteiger partial charge on any atom is -0.497 e. The Hall–Kier alpha value is -3.01. The first-order valence-corrected chi connectivity index (χ1v) is 8.65. The lowest BCUT2D eigenvalue weighted by atomic mass is 10.0. The number of nitrogens with one attached hydrogen (secondary N) is 1. The first kappa shape index (κ1) is 17.8. The lowest BCUT2D eigenvalue weighted by molar-refractivity contribution is -0.121. The molecule has 0 atom stereocenters. The van der Waals surface area contributed by atoms with E-state index in [9.17, 15) is 4.79 Å². The van der Waals surface area contributed by atoms with Crippen molar-refractivity contribution in [1.29, 1.82) is 0 Å². The number of methoxy groups -OCH3 is 2. The van der Waals surface area contributed by atoms with E-state index in [0.717, 1.165) is 22.6 Å². The number of carbonyl (C=O) groups is 1. The molecule has 0 spiro atoms. The molecule has 4 nitrogen and oxygen atoms in total. The van der Waals surface area contributed by atoms with E-state index in [1.54, 1.807) is 14.2 Å². The highest BCUT2D eigenvalue weighted by molar-refractivity contribution is 5.86. The fraction of sp³-hybridized carbons (Fsp3) is 0.227. The van der Waals surface area contributed by atoms with E-state index < -0.39 is 0 Å². The molecule has 26 heavy (non-hydrogen) atoms. The van der Waals surface area contributed by atoms with E-state index in [1.807, 2.05) is 36.4 Å². The Morgan fingerprint density at radius 2 is 1.62 bits per heavy atom. The molecule has 0 aliphatic rings. The Kier molecular flexibility index (Phi) is 5.74. The average molecular weight is 349 g/mol. The van der Waals surface area contributed by atoms with Gasteiger partial charge >= 0.3 is 0 Å². The molecule has 3 aromatic carbocycles. The summed E-state index contributed by atoms with van der Waals surface area (Å²) in [6.07, 6.45) is 1.05. The fourth-order valence-electron chi connectivity index (χ4n) is 3.00. The highest BCUT2D eigenvalue weighted by atomic mass is 16.5. The van der Waals surface area contributed by atoms with Crippen LogP contribution in [-0.2, 0) is 17.8 Å². The minimum atomic E-state index is 0.0275. The number of ether oxygens (including phenoxy) is 2. The Morgan fingerprint density at radius 1 is 0.923 bits per heavy atom. The quantitative estimate of drug-likeness (QED) is 0.698. The third-order valence-corrected chi connectivity index (χ3v) is 4.41. The molecule has 0 heterocycles. The van der Waals surface area contributed by atoms with Gasteiger partial charge in [-0.05, 0) is 40.5 Å². The van der Waals surface area contributed by atoms with Gasteiger partial charge in [-0.2, -0.15) is 0 Å². The van der Waals surface area contributed by atoms with Crippen LogP contribution >= 0.6 is 0 Å². The van der Waals surface area contributed by atoms with Crippen LogP contribution in [0, 0.1) is 0 Å². The van der Waals surface area contributed by atoms with Crippen molar-refractivity contribution in [2.24, 2.45) is 0 Å². The van der Waals surface area contributed by atoms with Crippen molar-refractivity contribution in [3.63, 3.8) is 0 Å². The smallest absolute Gasteiger partial charge is 0.220 e. The molecule has 0 bridgehead atoms. The predicted molar refractivity (Wildman–Crippen MR) is 104 cm³/mol. The summed E-state index contributed by atoms with van der Waals surface area (Å²) in [4.78, 5) is 12.3. The van der Waals surface area contributed by atoms with Crippen LogP contribution in [0.2, 0.25) is 0 Å². The van der Waals surface area contributed by atoms with E-state index >= 15 is 0 Å². The summed E-state index contributed by atoms with van der Waals surface area (Å²) in [7, 11) is 3.24. The zero-order valence-electron chi connectivity index (χ0n) is 15.1. The molecule has 0 saturated heterocycles. The number of carbonyl (C=O) groups excluding carboxylic acids is 1. The number of aryl methyl sites for hydroxylation is 1. The Labute approximate surface area is 153 Å². The summed E-state index contributed by atoms with van der Waals surface area (Å²) in [6, 6.07) is 20.0. The van der Waals surface area contributed by atoms with Gasteiger partial charge in [0.1, 0.15) is 11.5 Å². The molecule has 3 aromatic rings. The van der Waals surface area contributed by atoms with Crippen LogP contribution in [-0.4, -0.2) is 20.1 Å². The third-order valence-electron chi connectivity index (χ3n) is 4.41. The van der Waals surface area contributed by atoms with Gasteiger partial charge in [0.25, 0.3) is 0 Å². The molecule has 0 saturated carbocycles. The summed E-state index contributed by atoms with van der Waals surface area (Å²) in [5.41, 5.74) is 2.14. The minimum absolute atomic E-state index is 0.0275. The summed E-state index contributed by atoms with van der Waals surface area (Å²) < 4.78 is 10.5. The SMILES string of the molecule is COc1cc(CCC(=O)NCc2cccc3ccccc23)cc(OC)c1. The molecule has 4 heteroatoms. The predicted octanol–water partition coefficient (Wildman–Crippen LogP) is 4.11. The van der Waals surface area contributed by atoms with E-state index in [1.165, 1.54) is 10.8 Å². The average Bonchev–Trinajstić information content (AvgIpc) is 2.70. The lowest BCUT2D eigenvalue weighted by Gasteiger charge is -2.10. The van der Waals surface area contributed by atoms with E-state index in [0.29, 0.717) is 19.4 Å². The van der Waals surface area contributed by atoms with Crippen LogP contribution in [0.1, 0.15) is 17.5 Å². The van der Waals surface area contributed by atoms with Gasteiger partial charge in [-0.25, -0.2) is 0 Å². The molecule has 0 unspecified atom stereocenters. The van der Waals surface area contributed by atoms with Crippen LogP contribution in [0.25, 0.3) is 10.8 Å². The highest BCUT2D eigenvalue weighted by Gasteiger charge is 2.07. The number of rotatable bonds is 7. The molecule has 1 N–H and O–H groups in total. The second kappa shape index (κ2) is 8.39. The van der Waals surface area contributed by atoms with Gasteiger partial charge in [0.2, 0.25) is 5.91 Å². The second-order valence-corrected chi connectivity index (χ2v) is 6.14. The molecule has 0 aliphatic carbocycles. The van der Waals surface area contributed by atoms with Gasteiger partial charge in [-0.3, -0.25) is 4.79 Å². The van der Waals surface area contributed by atoms with E-state index in [-0.39, 0.29) is 5.91 Å². The van der Waals surface area contributed by atoms with Crippen molar-refractivity contribution < 1.29 is 14.3 Å². The monoisotopic (exact) mass is 349 g/mol. The third kappa shape index (κ3) is 4.33. The van der Waals surface area contributed by atoms with Crippen molar-refractivity contribution in [3.8, 4) is 11.5 Å². The van der Waals surface area contributed by atoms with Crippen molar-refractivity contribution in [2.45, 2.75) is 19.4 Å². The van der Waals surface area contributed by atoms with Gasteiger partial charge in [0.15, 0.2) is 0 Å². The molecule has 3 rings (SSSR count). The first-order chi connectivity index (χ1) is 12.7. The van der Waals surface area contributed by atoms with Gasteiger partial charge in [0, 0.05) is 19.0 Å². The van der Waals surface area contributed by atoms with Gasteiger partial charge < -0.3 is 14.8 Å². The summed E-state index contributed by atoms with van der Waals surface area (Å²) in [5, 5.41) is 5.37. The van der Waals surface area contributed by atoms with E-state index in [2.05, 4.69) is 29.6 Å². The van der Waals surface area contributed by atoms with Crippen LogP contribution in [0.4, 0.5) is 0 Å². The summed E-state index contributed by atoms with van der Waals surface area (Å²) in [6.45, 7) is 0.529. The first-order valence-electron chi connectivity index (χ1n) is 8.65. The molecule has 0 aromatic heterocycles. The topological polar surface area (TPSA) is 47.6 Å². The van der Waals surface area contributed by atoms with Crippen molar-refractivity contribution in [1.82, 2.24) is 5.32 Å². The van der Waals surface area contributed by atoms with Crippen LogP contribution in [0.5, 0.6) is 11.5 Å². The molecule has 134 valence electrons. The largest absolute Gasteiger partial charge is 0.497 e. The van der Waals surface area contributed by atoms with Gasteiger partial charge in [0.05, 0.1) is 14.2 Å². The van der Waals surface area contributed by atoms with Gasteiger partial charge in [-0.15, -0.1) is 0 Å². The number of amides is 1. The number of hydrogen-bond acceptors (Lipinski definition) is 3. The maximum Gasteiger partial charge on any atom is 0.220 e. The number of hydrogen-bond donors (Lipinski definition) is 1. The van der Waals surface area contributed by atoms with Crippen LogP contribution < -0.4 is 14.8 Å².